The van der Waals surface area contributed by atoms with E-state index in [0.29, 0.717) is 35.2 Å². The summed E-state index contributed by atoms with van der Waals surface area (Å²) in [5.41, 5.74) is 1.22. The fraction of sp³-hybridized carbons (Fsp3) is 0.300. The van der Waals surface area contributed by atoms with E-state index in [-0.39, 0.29) is 24.9 Å². The molecule has 0 aromatic heterocycles. The zero-order valence-electron chi connectivity index (χ0n) is 16.2. The van der Waals surface area contributed by atoms with Crippen molar-refractivity contribution in [3.05, 3.63) is 42.5 Å². The molecule has 3 N–H and O–H groups in total. The van der Waals surface area contributed by atoms with Crippen molar-refractivity contribution >= 4 is 23.3 Å². The predicted octanol–water partition coefficient (Wildman–Crippen LogP) is 3.25. The van der Waals surface area contributed by atoms with Gasteiger partial charge in [-0.05, 0) is 43.3 Å². The van der Waals surface area contributed by atoms with Gasteiger partial charge < -0.3 is 30.2 Å². The van der Waals surface area contributed by atoms with Gasteiger partial charge in [0.1, 0.15) is 5.75 Å². The Morgan fingerprint density at radius 3 is 2.25 bits per heavy atom. The van der Waals surface area contributed by atoms with E-state index < -0.39 is 0 Å². The maximum absolute atomic E-state index is 12.1. The third-order valence-electron chi connectivity index (χ3n) is 3.73. The van der Waals surface area contributed by atoms with Crippen LogP contribution in [0.15, 0.2) is 42.5 Å². The van der Waals surface area contributed by atoms with E-state index in [9.17, 15) is 9.59 Å². The molecule has 0 saturated heterocycles. The first-order valence-corrected chi connectivity index (χ1v) is 8.85. The molecule has 8 nitrogen and oxygen atoms in total. The van der Waals surface area contributed by atoms with Gasteiger partial charge in [0.25, 0.3) is 0 Å². The summed E-state index contributed by atoms with van der Waals surface area (Å²) in [6.45, 7) is 2.60. The summed E-state index contributed by atoms with van der Waals surface area (Å²) in [6.07, 6.45) is 0.131. The van der Waals surface area contributed by atoms with Crippen LogP contribution in [0.1, 0.15) is 13.3 Å². The second-order valence-electron chi connectivity index (χ2n) is 5.71. The van der Waals surface area contributed by atoms with Crippen molar-refractivity contribution in [3.63, 3.8) is 0 Å². The third-order valence-corrected chi connectivity index (χ3v) is 3.73. The Hall–Kier alpha value is -3.42. The molecule has 3 amide bonds. The normalized spacial score (nSPS) is 9.96. The topological polar surface area (TPSA) is 97.9 Å². The van der Waals surface area contributed by atoms with E-state index in [1.165, 1.54) is 7.11 Å². The molecule has 0 aliphatic carbocycles. The van der Waals surface area contributed by atoms with Crippen LogP contribution in [-0.4, -0.2) is 39.3 Å². The van der Waals surface area contributed by atoms with Crippen molar-refractivity contribution in [2.24, 2.45) is 0 Å². The minimum Gasteiger partial charge on any atom is -0.497 e. The van der Waals surface area contributed by atoms with Crippen LogP contribution in [0.2, 0.25) is 0 Å². The highest BCUT2D eigenvalue weighted by Crippen LogP contribution is 2.30. The third kappa shape index (κ3) is 6.39. The number of urea groups is 1. The first-order chi connectivity index (χ1) is 13.5. The highest BCUT2D eigenvalue weighted by atomic mass is 16.5. The van der Waals surface area contributed by atoms with E-state index in [1.54, 1.807) is 49.6 Å². The van der Waals surface area contributed by atoms with Gasteiger partial charge in [0.2, 0.25) is 5.91 Å². The molecule has 0 aliphatic rings. The quantitative estimate of drug-likeness (QED) is 0.614. The van der Waals surface area contributed by atoms with E-state index in [4.69, 9.17) is 14.2 Å². The van der Waals surface area contributed by atoms with Crippen LogP contribution in [0.4, 0.5) is 16.2 Å². The van der Waals surface area contributed by atoms with Gasteiger partial charge >= 0.3 is 6.03 Å². The minimum atomic E-state index is -0.388. The number of hydrogen-bond donors (Lipinski definition) is 3. The number of hydrogen-bond acceptors (Lipinski definition) is 5. The second kappa shape index (κ2) is 10.7. The number of ether oxygens (including phenoxy) is 3. The highest BCUT2D eigenvalue weighted by Gasteiger charge is 2.09. The van der Waals surface area contributed by atoms with Crippen LogP contribution in [0.5, 0.6) is 17.2 Å². The molecule has 2 rings (SSSR count). The lowest BCUT2D eigenvalue weighted by atomic mass is 10.2. The lowest BCUT2D eigenvalue weighted by molar-refractivity contribution is -0.116. The number of methoxy groups -OCH3 is 2. The van der Waals surface area contributed by atoms with Gasteiger partial charge in [-0.2, -0.15) is 0 Å². The molecule has 28 heavy (non-hydrogen) atoms. The van der Waals surface area contributed by atoms with Crippen molar-refractivity contribution in [2.45, 2.75) is 13.3 Å². The average molecular weight is 387 g/mol. The van der Waals surface area contributed by atoms with E-state index >= 15 is 0 Å². The second-order valence-corrected chi connectivity index (χ2v) is 5.71. The average Bonchev–Trinajstić information content (AvgIpc) is 2.69. The zero-order valence-corrected chi connectivity index (χ0v) is 16.2. The van der Waals surface area contributed by atoms with Crippen LogP contribution < -0.4 is 30.2 Å². The molecule has 0 aliphatic heterocycles. The SMILES string of the molecule is CCOc1ccc(NC(=O)CCNC(=O)Nc2ccc(OC)cc2)cc1OC. The predicted molar refractivity (Wildman–Crippen MR) is 107 cm³/mol. The van der Waals surface area contributed by atoms with Gasteiger partial charge in [0.05, 0.1) is 20.8 Å². The number of anilines is 2. The van der Waals surface area contributed by atoms with Crippen molar-refractivity contribution in [1.82, 2.24) is 5.32 Å². The van der Waals surface area contributed by atoms with Crippen LogP contribution in [0.3, 0.4) is 0 Å². The Kier molecular flexibility index (Phi) is 7.95. The molecule has 0 radical (unpaired) electrons. The molecule has 0 heterocycles. The number of nitrogens with one attached hydrogen (secondary N) is 3. The van der Waals surface area contributed by atoms with Crippen molar-refractivity contribution in [2.75, 3.05) is 38.0 Å². The Balaban J connectivity index is 1.76. The summed E-state index contributed by atoms with van der Waals surface area (Å²) in [7, 11) is 3.11. The van der Waals surface area contributed by atoms with E-state index in [1.807, 2.05) is 6.92 Å². The Morgan fingerprint density at radius 1 is 0.893 bits per heavy atom. The van der Waals surface area contributed by atoms with Crippen LogP contribution >= 0.6 is 0 Å². The molecule has 0 spiro atoms. The summed E-state index contributed by atoms with van der Waals surface area (Å²) in [4.78, 5) is 23.9. The number of rotatable bonds is 9. The van der Waals surface area contributed by atoms with Crippen LogP contribution in [-0.2, 0) is 4.79 Å². The van der Waals surface area contributed by atoms with Crippen LogP contribution in [0, 0.1) is 0 Å². The van der Waals surface area contributed by atoms with E-state index in [0.717, 1.165) is 0 Å². The molecule has 0 bridgehead atoms. The molecule has 150 valence electrons. The molecule has 0 saturated carbocycles. The molecule has 2 aromatic rings. The molecule has 8 heteroatoms. The highest BCUT2D eigenvalue weighted by molar-refractivity contribution is 5.92. The first kappa shape index (κ1) is 20.9. The molecule has 0 fully saturated rings. The van der Waals surface area contributed by atoms with Gasteiger partial charge in [-0.25, -0.2) is 4.79 Å². The van der Waals surface area contributed by atoms with Crippen molar-refractivity contribution < 1.29 is 23.8 Å². The zero-order chi connectivity index (χ0) is 20.4. The summed E-state index contributed by atoms with van der Waals surface area (Å²) in [5.74, 6) is 1.63. The number of benzene rings is 2. The van der Waals surface area contributed by atoms with Gasteiger partial charge in [0.15, 0.2) is 11.5 Å². The fourth-order valence-corrected chi connectivity index (χ4v) is 2.38. The van der Waals surface area contributed by atoms with Gasteiger partial charge in [-0.3, -0.25) is 4.79 Å². The maximum atomic E-state index is 12.1. The van der Waals surface area contributed by atoms with Crippen molar-refractivity contribution in [1.29, 1.82) is 0 Å². The Labute approximate surface area is 164 Å². The minimum absolute atomic E-state index is 0.131. The van der Waals surface area contributed by atoms with Crippen LogP contribution in [0.25, 0.3) is 0 Å². The lowest BCUT2D eigenvalue weighted by Gasteiger charge is -2.12. The fourth-order valence-electron chi connectivity index (χ4n) is 2.38. The number of amides is 3. The summed E-state index contributed by atoms with van der Waals surface area (Å²) in [6, 6.07) is 11.7. The van der Waals surface area contributed by atoms with Crippen molar-refractivity contribution in [3.8, 4) is 17.2 Å². The maximum Gasteiger partial charge on any atom is 0.319 e. The number of carbonyl (C=O) groups is 2. The molecular formula is C20H25N3O5. The first-order valence-electron chi connectivity index (χ1n) is 8.85. The van der Waals surface area contributed by atoms with Gasteiger partial charge in [-0.1, -0.05) is 0 Å². The van der Waals surface area contributed by atoms with E-state index in [2.05, 4.69) is 16.0 Å². The Morgan fingerprint density at radius 2 is 1.61 bits per heavy atom. The molecule has 0 unspecified atom stereocenters. The monoisotopic (exact) mass is 387 g/mol. The Bertz CT molecular complexity index is 793. The number of carbonyl (C=O) groups excluding carboxylic acids is 2. The smallest absolute Gasteiger partial charge is 0.319 e. The molecule has 0 atom stereocenters. The largest absolute Gasteiger partial charge is 0.497 e. The van der Waals surface area contributed by atoms with Gasteiger partial charge in [0, 0.05) is 30.4 Å². The van der Waals surface area contributed by atoms with Gasteiger partial charge in [-0.15, -0.1) is 0 Å². The summed E-state index contributed by atoms with van der Waals surface area (Å²) < 4.78 is 15.8. The summed E-state index contributed by atoms with van der Waals surface area (Å²) >= 11 is 0. The molecular weight excluding hydrogens is 362 g/mol. The standard InChI is InChI=1S/C20H25N3O5/c1-4-28-17-10-7-15(13-18(17)27-3)22-19(24)11-12-21-20(25)23-14-5-8-16(26-2)9-6-14/h5-10,13H,4,11-12H2,1-3H3,(H,22,24)(H2,21,23,25). The summed E-state index contributed by atoms with van der Waals surface area (Å²) in [5, 5.41) is 8.08. The lowest BCUT2D eigenvalue weighted by Crippen LogP contribution is -2.31. The molecule has 2 aromatic carbocycles.